The molecule has 0 atom stereocenters. The normalized spacial score (nSPS) is 11.0. The average molecular weight is 683 g/mol. The number of fused-ring (bicyclic) bond motifs is 1. The summed E-state index contributed by atoms with van der Waals surface area (Å²) >= 11 is 1.66. The highest BCUT2D eigenvalue weighted by atomic mass is 32.1. The van der Waals surface area contributed by atoms with E-state index in [0.29, 0.717) is 64.9 Å². The molecule has 2 aromatic heterocycles. The third kappa shape index (κ3) is 7.52. The van der Waals surface area contributed by atoms with Crippen molar-refractivity contribution in [2.24, 2.45) is 0 Å². The van der Waals surface area contributed by atoms with Gasteiger partial charge in [-0.3, -0.25) is 0 Å². The smallest absolute Gasteiger partial charge is 0.203 e. The molecule has 0 fully saturated rings. The number of nitrogens with zero attached hydrogens (tertiary/aromatic N) is 2. The van der Waals surface area contributed by atoms with Crippen molar-refractivity contribution in [3.63, 3.8) is 0 Å². The molecule has 0 bridgehead atoms. The Bertz CT molecular complexity index is 1960. The Morgan fingerprint density at radius 1 is 0.571 bits per heavy atom. The van der Waals surface area contributed by atoms with Gasteiger partial charge >= 0.3 is 0 Å². The summed E-state index contributed by atoms with van der Waals surface area (Å²) in [4.78, 5) is 4.76. The fourth-order valence-electron chi connectivity index (χ4n) is 5.38. The number of hydrogen-bond donors (Lipinski definition) is 0. The van der Waals surface area contributed by atoms with E-state index in [1.807, 2.05) is 72.8 Å². The first kappa shape index (κ1) is 33.5. The van der Waals surface area contributed by atoms with Crippen LogP contribution in [0.2, 0.25) is 0 Å². The van der Waals surface area contributed by atoms with Gasteiger partial charge in [-0.15, -0.1) is 11.3 Å². The van der Waals surface area contributed by atoms with Gasteiger partial charge in [0.25, 0.3) is 0 Å². The van der Waals surface area contributed by atoms with E-state index in [9.17, 15) is 0 Å². The van der Waals surface area contributed by atoms with Gasteiger partial charge in [0.15, 0.2) is 40.3 Å². The fraction of sp³-hybridized carbons (Fsp3) is 0.263. The molecule has 11 heteroatoms. The van der Waals surface area contributed by atoms with Crippen LogP contribution in [0.5, 0.6) is 40.2 Å². The summed E-state index contributed by atoms with van der Waals surface area (Å²) < 4.78 is 46.7. The van der Waals surface area contributed by atoms with Gasteiger partial charge in [0.2, 0.25) is 5.75 Å². The lowest BCUT2D eigenvalue weighted by molar-refractivity contribution is 0.264. The van der Waals surface area contributed by atoms with Crippen LogP contribution in [0.15, 0.2) is 83.4 Å². The van der Waals surface area contributed by atoms with Crippen LogP contribution >= 0.6 is 11.3 Å². The van der Waals surface area contributed by atoms with Crippen LogP contribution in [0.4, 0.5) is 0 Å². The van der Waals surface area contributed by atoms with E-state index in [1.54, 1.807) is 46.9 Å². The number of rotatable bonds is 16. The van der Waals surface area contributed by atoms with Gasteiger partial charge in [0, 0.05) is 22.8 Å². The molecule has 49 heavy (non-hydrogen) atoms. The molecule has 6 rings (SSSR count). The van der Waals surface area contributed by atoms with Crippen molar-refractivity contribution in [3.05, 3.63) is 78.9 Å². The van der Waals surface area contributed by atoms with Gasteiger partial charge < -0.3 is 37.7 Å². The van der Waals surface area contributed by atoms with Crippen LogP contribution in [-0.4, -0.2) is 58.9 Å². The van der Waals surface area contributed by atoms with Gasteiger partial charge in [-0.25, -0.2) is 4.98 Å². The number of hydrogen-bond acceptors (Lipinski definition) is 11. The largest absolute Gasteiger partial charge is 0.493 e. The molecule has 0 saturated carbocycles. The Labute approximate surface area is 289 Å². The SMILES string of the molecule is COc1cc(-c2nc3ccccc3s2)ccc1OCCCCCOc1cc(-c2cc(-c3cc(OC)c(OC)c(OC)c3)no2)ccc1OC. The highest BCUT2D eigenvalue weighted by Crippen LogP contribution is 2.42. The molecule has 0 amide bonds. The van der Waals surface area contributed by atoms with Gasteiger partial charge in [-0.1, -0.05) is 17.3 Å². The number of aromatic nitrogens is 2. The number of thiazole rings is 1. The van der Waals surface area contributed by atoms with Crippen molar-refractivity contribution in [1.82, 2.24) is 10.1 Å². The third-order valence-electron chi connectivity index (χ3n) is 7.93. The van der Waals surface area contributed by atoms with Gasteiger partial charge in [-0.05, 0) is 79.9 Å². The monoisotopic (exact) mass is 682 g/mol. The number of ether oxygens (including phenoxy) is 7. The lowest BCUT2D eigenvalue weighted by atomic mass is 10.1. The highest BCUT2D eigenvalue weighted by Gasteiger charge is 2.18. The Morgan fingerprint density at radius 3 is 1.90 bits per heavy atom. The molecule has 0 aliphatic heterocycles. The second-order valence-electron chi connectivity index (χ2n) is 11.0. The molecule has 0 saturated heterocycles. The Balaban J connectivity index is 1.02. The first-order chi connectivity index (χ1) is 24.0. The summed E-state index contributed by atoms with van der Waals surface area (Å²) in [7, 11) is 7.99. The molecular weight excluding hydrogens is 644 g/mol. The summed E-state index contributed by atoms with van der Waals surface area (Å²) in [5, 5.41) is 5.24. The molecule has 254 valence electrons. The van der Waals surface area contributed by atoms with Crippen molar-refractivity contribution >= 4 is 21.6 Å². The lowest BCUT2D eigenvalue weighted by Gasteiger charge is -2.13. The Hall–Kier alpha value is -5.42. The second kappa shape index (κ2) is 15.7. The molecule has 6 aromatic rings. The predicted molar refractivity (Wildman–Crippen MR) is 190 cm³/mol. The van der Waals surface area contributed by atoms with Crippen LogP contribution in [0.3, 0.4) is 0 Å². The molecule has 0 spiro atoms. The van der Waals surface area contributed by atoms with Crippen molar-refractivity contribution in [1.29, 1.82) is 0 Å². The zero-order valence-electron chi connectivity index (χ0n) is 28.1. The van der Waals surface area contributed by atoms with Crippen molar-refractivity contribution in [2.45, 2.75) is 19.3 Å². The van der Waals surface area contributed by atoms with Crippen molar-refractivity contribution in [2.75, 3.05) is 48.8 Å². The maximum absolute atomic E-state index is 6.15. The van der Waals surface area contributed by atoms with E-state index in [1.165, 1.54) is 0 Å². The summed E-state index contributed by atoms with van der Waals surface area (Å²) in [6.07, 6.45) is 2.64. The van der Waals surface area contributed by atoms with Gasteiger partial charge in [0.05, 0.1) is 59.0 Å². The first-order valence-corrected chi connectivity index (χ1v) is 16.6. The summed E-state index contributed by atoms with van der Waals surface area (Å²) in [5.74, 6) is 4.81. The van der Waals surface area contributed by atoms with Crippen LogP contribution < -0.4 is 33.2 Å². The van der Waals surface area contributed by atoms with E-state index < -0.39 is 0 Å². The number of methoxy groups -OCH3 is 5. The maximum Gasteiger partial charge on any atom is 0.203 e. The van der Waals surface area contributed by atoms with Crippen LogP contribution in [0.1, 0.15) is 19.3 Å². The predicted octanol–water partition coefficient (Wildman–Crippen LogP) is 8.96. The minimum absolute atomic E-state index is 0.508. The summed E-state index contributed by atoms with van der Waals surface area (Å²) in [5.41, 5.74) is 4.19. The lowest BCUT2D eigenvalue weighted by Crippen LogP contribution is -2.03. The molecule has 4 aromatic carbocycles. The molecule has 0 N–H and O–H groups in total. The highest BCUT2D eigenvalue weighted by molar-refractivity contribution is 7.21. The molecular formula is C38H38N2O8S. The average Bonchev–Trinajstić information content (AvgIpc) is 3.82. The minimum Gasteiger partial charge on any atom is -0.493 e. The Kier molecular flexibility index (Phi) is 10.7. The first-order valence-electron chi connectivity index (χ1n) is 15.8. The number of benzene rings is 4. The Morgan fingerprint density at radius 2 is 1.20 bits per heavy atom. The third-order valence-corrected chi connectivity index (χ3v) is 9.01. The number of para-hydroxylation sites is 1. The second-order valence-corrected chi connectivity index (χ2v) is 12.0. The molecule has 0 unspecified atom stereocenters. The fourth-order valence-corrected chi connectivity index (χ4v) is 6.34. The molecule has 0 aliphatic carbocycles. The van der Waals surface area contributed by atoms with E-state index in [0.717, 1.165) is 51.2 Å². The topological polar surface area (TPSA) is 104 Å². The molecule has 2 heterocycles. The van der Waals surface area contributed by atoms with Gasteiger partial charge in [0.1, 0.15) is 10.7 Å². The van der Waals surface area contributed by atoms with E-state index in [4.69, 9.17) is 42.7 Å². The van der Waals surface area contributed by atoms with E-state index in [-0.39, 0.29) is 0 Å². The summed E-state index contributed by atoms with van der Waals surface area (Å²) in [6.45, 7) is 1.09. The quantitative estimate of drug-likeness (QED) is 0.0919. The molecule has 10 nitrogen and oxygen atoms in total. The van der Waals surface area contributed by atoms with Crippen LogP contribution in [0.25, 0.3) is 43.4 Å². The molecule has 0 aliphatic rings. The van der Waals surface area contributed by atoms with Crippen LogP contribution in [-0.2, 0) is 0 Å². The van der Waals surface area contributed by atoms with Gasteiger partial charge in [-0.2, -0.15) is 0 Å². The van der Waals surface area contributed by atoms with Crippen LogP contribution in [0, 0.1) is 0 Å². The zero-order valence-corrected chi connectivity index (χ0v) is 28.9. The minimum atomic E-state index is 0.508. The summed E-state index contributed by atoms with van der Waals surface area (Å²) in [6, 6.07) is 25.3. The number of unbranched alkanes of at least 4 members (excludes halogenated alkanes) is 2. The van der Waals surface area contributed by atoms with Crippen molar-refractivity contribution in [3.8, 4) is 73.4 Å². The van der Waals surface area contributed by atoms with E-state index >= 15 is 0 Å². The van der Waals surface area contributed by atoms with Crippen molar-refractivity contribution < 1.29 is 37.7 Å². The zero-order chi connectivity index (χ0) is 34.2. The maximum atomic E-state index is 6.15. The molecule has 0 radical (unpaired) electrons. The standard InChI is InChI=1S/C38H38N2O8S/c1-41-29-15-13-24(31-23-28(40-48-31)26-21-34(43-3)37(45-5)35(22-26)44-4)19-33(29)47-18-10-6-9-17-46-30-16-14-25(20-32(30)42-2)38-39-27-11-7-8-12-36(27)49-38/h7-8,11-16,19-23H,6,9-10,17-18H2,1-5H3. The van der Waals surface area contributed by atoms with E-state index in [2.05, 4.69) is 11.2 Å².